The molecule has 3 aromatic rings. The van der Waals surface area contributed by atoms with Gasteiger partial charge in [0, 0.05) is 11.3 Å². The Hall–Kier alpha value is -3.12. The van der Waals surface area contributed by atoms with Gasteiger partial charge in [-0.1, -0.05) is 55.5 Å². The molecule has 0 aromatic heterocycles. The maximum Gasteiger partial charge on any atom is 0.262 e. The number of carbonyl (C=O) groups excluding carboxylic acids is 1. The molecular formula is C24H26N2O3S. The van der Waals surface area contributed by atoms with E-state index in [-0.39, 0.29) is 16.8 Å². The summed E-state index contributed by atoms with van der Waals surface area (Å²) in [5.41, 5.74) is 3.32. The van der Waals surface area contributed by atoms with Crippen LogP contribution in [0.5, 0.6) is 0 Å². The van der Waals surface area contributed by atoms with E-state index < -0.39 is 10.0 Å². The third-order valence-electron chi connectivity index (χ3n) is 4.93. The van der Waals surface area contributed by atoms with E-state index in [0.717, 1.165) is 17.5 Å². The summed E-state index contributed by atoms with van der Waals surface area (Å²) in [5.74, 6) is -0.308. The molecule has 30 heavy (non-hydrogen) atoms. The van der Waals surface area contributed by atoms with Crippen LogP contribution in [0.25, 0.3) is 0 Å². The quantitative estimate of drug-likeness (QED) is 0.563. The van der Waals surface area contributed by atoms with Gasteiger partial charge in [0.2, 0.25) is 0 Å². The van der Waals surface area contributed by atoms with Gasteiger partial charge in [-0.2, -0.15) is 0 Å². The van der Waals surface area contributed by atoms with E-state index in [1.165, 1.54) is 6.07 Å². The zero-order valence-corrected chi connectivity index (χ0v) is 18.2. The minimum Gasteiger partial charge on any atom is -0.345 e. The molecule has 0 saturated carbocycles. The van der Waals surface area contributed by atoms with Crippen LogP contribution in [0.4, 0.5) is 5.69 Å². The molecule has 0 spiro atoms. The van der Waals surface area contributed by atoms with Crippen LogP contribution >= 0.6 is 0 Å². The summed E-state index contributed by atoms with van der Waals surface area (Å²) in [7, 11) is -3.83. The fourth-order valence-electron chi connectivity index (χ4n) is 3.30. The lowest BCUT2D eigenvalue weighted by atomic mass is 10.0. The van der Waals surface area contributed by atoms with Gasteiger partial charge in [-0.15, -0.1) is 0 Å². The van der Waals surface area contributed by atoms with Crippen molar-refractivity contribution in [3.63, 3.8) is 0 Å². The van der Waals surface area contributed by atoms with Crippen molar-refractivity contribution in [2.24, 2.45) is 0 Å². The van der Waals surface area contributed by atoms with Crippen molar-refractivity contribution in [3.05, 3.63) is 95.1 Å². The van der Waals surface area contributed by atoms with Crippen LogP contribution in [0.1, 0.15) is 46.4 Å². The first-order valence-electron chi connectivity index (χ1n) is 9.86. The van der Waals surface area contributed by atoms with E-state index in [0.29, 0.717) is 16.8 Å². The Bertz CT molecular complexity index is 1140. The average Bonchev–Trinajstić information content (AvgIpc) is 2.72. The zero-order valence-electron chi connectivity index (χ0n) is 17.3. The molecule has 1 atom stereocenters. The number of amides is 1. The predicted octanol–water partition coefficient (Wildman–Crippen LogP) is 4.99. The molecule has 3 aromatic carbocycles. The number of hydrogen-bond donors (Lipinski definition) is 2. The zero-order chi connectivity index (χ0) is 21.7. The van der Waals surface area contributed by atoms with Gasteiger partial charge in [-0.25, -0.2) is 8.42 Å². The summed E-state index contributed by atoms with van der Waals surface area (Å²) in [4.78, 5) is 12.9. The van der Waals surface area contributed by atoms with Gasteiger partial charge in [-0.05, 0) is 61.2 Å². The molecule has 5 nitrogen and oxygen atoms in total. The number of carbonyl (C=O) groups is 1. The Morgan fingerprint density at radius 2 is 1.67 bits per heavy atom. The summed E-state index contributed by atoms with van der Waals surface area (Å²) in [5, 5.41) is 3.00. The number of rotatable bonds is 7. The molecule has 0 aliphatic heterocycles. The first kappa shape index (κ1) is 21.6. The second kappa shape index (κ2) is 9.13. The van der Waals surface area contributed by atoms with Gasteiger partial charge >= 0.3 is 0 Å². The lowest BCUT2D eigenvalue weighted by molar-refractivity contribution is 0.0935. The summed E-state index contributed by atoms with van der Waals surface area (Å²) in [6.07, 6.45) is 0.724. The van der Waals surface area contributed by atoms with Crippen LogP contribution in [0.15, 0.2) is 77.7 Å². The van der Waals surface area contributed by atoms with Crippen LogP contribution in [-0.2, 0) is 10.0 Å². The van der Waals surface area contributed by atoms with Gasteiger partial charge in [0.1, 0.15) is 0 Å². The molecule has 3 rings (SSSR count). The predicted molar refractivity (Wildman–Crippen MR) is 120 cm³/mol. The van der Waals surface area contributed by atoms with E-state index in [2.05, 4.69) is 10.0 Å². The van der Waals surface area contributed by atoms with Crippen molar-refractivity contribution < 1.29 is 13.2 Å². The largest absolute Gasteiger partial charge is 0.345 e. The van der Waals surface area contributed by atoms with Crippen LogP contribution < -0.4 is 10.0 Å². The normalized spacial score (nSPS) is 12.2. The second-order valence-electron chi connectivity index (χ2n) is 7.30. The molecule has 0 saturated heterocycles. The summed E-state index contributed by atoms with van der Waals surface area (Å²) in [6.45, 7) is 5.60. The minimum absolute atomic E-state index is 0.0874. The van der Waals surface area contributed by atoms with E-state index in [9.17, 15) is 13.2 Å². The molecule has 1 amide bonds. The van der Waals surface area contributed by atoms with Gasteiger partial charge in [0.25, 0.3) is 15.9 Å². The summed E-state index contributed by atoms with van der Waals surface area (Å²) < 4.78 is 28.5. The highest BCUT2D eigenvalue weighted by Crippen LogP contribution is 2.23. The molecular weight excluding hydrogens is 396 g/mol. The number of nitrogens with one attached hydrogen (secondary N) is 2. The van der Waals surface area contributed by atoms with Crippen molar-refractivity contribution in [3.8, 4) is 0 Å². The lowest BCUT2D eigenvalue weighted by Crippen LogP contribution is -2.28. The van der Waals surface area contributed by atoms with Crippen molar-refractivity contribution in [1.29, 1.82) is 0 Å². The molecule has 0 radical (unpaired) electrons. The molecule has 2 N–H and O–H groups in total. The first-order chi connectivity index (χ1) is 14.3. The van der Waals surface area contributed by atoms with Gasteiger partial charge < -0.3 is 5.32 Å². The fourth-order valence-corrected chi connectivity index (χ4v) is 4.62. The van der Waals surface area contributed by atoms with Crippen molar-refractivity contribution in [2.45, 2.75) is 38.1 Å². The van der Waals surface area contributed by atoms with E-state index in [1.54, 1.807) is 37.3 Å². The van der Waals surface area contributed by atoms with Crippen LogP contribution in [0.3, 0.4) is 0 Å². The Kier molecular flexibility index (Phi) is 6.57. The van der Waals surface area contributed by atoms with E-state index in [4.69, 9.17) is 0 Å². The van der Waals surface area contributed by atoms with Gasteiger partial charge in [-0.3, -0.25) is 9.52 Å². The average molecular weight is 423 g/mol. The van der Waals surface area contributed by atoms with E-state index in [1.807, 2.05) is 50.2 Å². The summed E-state index contributed by atoms with van der Waals surface area (Å²) in [6, 6.07) is 21.4. The molecule has 0 fully saturated rings. The van der Waals surface area contributed by atoms with Crippen LogP contribution in [-0.4, -0.2) is 14.3 Å². The number of hydrogen-bond acceptors (Lipinski definition) is 3. The van der Waals surface area contributed by atoms with E-state index >= 15 is 0 Å². The molecule has 0 bridgehead atoms. The number of sulfonamides is 1. The molecule has 0 unspecified atom stereocenters. The summed E-state index contributed by atoms with van der Waals surface area (Å²) >= 11 is 0. The van der Waals surface area contributed by atoms with Crippen molar-refractivity contribution >= 4 is 21.6 Å². The standard InChI is InChI=1S/C24H26N2O3S/c1-4-22(19-10-6-5-7-11-19)25-24(27)20-14-13-18(3)23(16-20)30(28,29)26-21-12-8-9-17(2)15-21/h5-16,22,26H,4H2,1-3H3,(H,25,27)/t22-/m1/s1. The number of benzene rings is 3. The SMILES string of the molecule is CC[C@@H](NC(=O)c1ccc(C)c(S(=O)(=O)Nc2cccc(C)c2)c1)c1ccccc1. The maximum atomic E-state index is 13.0. The van der Waals surface area contributed by atoms with Crippen molar-refractivity contribution in [1.82, 2.24) is 5.32 Å². The number of aryl methyl sites for hydroxylation is 2. The Balaban J connectivity index is 1.86. The molecule has 0 aliphatic carbocycles. The molecule has 0 aliphatic rings. The maximum absolute atomic E-state index is 13.0. The third kappa shape index (κ3) is 5.07. The topological polar surface area (TPSA) is 75.3 Å². The fraction of sp³-hybridized carbons (Fsp3) is 0.208. The van der Waals surface area contributed by atoms with Crippen LogP contribution in [0.2, 0.25) is 0 Å². The van der Waals surface area contributed by atoms with Crippen LogP contribution in [0, 0.1) is 13.8 Å². The number of anilines is 1. The Morgan fingerprint density at radius 3 is 2.33 bits per heavy atom. The minimum atomic E-state index is -3.83. The third-order valence-corrected chi connectivity index (χ3v) is 6.45. The monoisotopic (exact) mass is 422 g/mol. The molecule has 6 heteroatoms. The Morgan fingerprint density at radius 1 is 0.933 bits per heavy atom. The highest BCUT2D eigenvalue weighted by atomic mass is 32.2. The molecule has 156 valence electrons. The Labute approximate surface area is 178 Å². The first-order valence-corrected chi connectivity index (χ1v) is 11.3. The highest BCUT2D eigenvalue weighted by Gasteiger charge is 2.21. The second-order valence-corrected chi connectivity index (χ2v) is 8.95. The van der Waals surface area contributed by atoms with Crippen molar-refractivity contribution in [2.75, 3.05) is 4.72 Å². The van der Waals surface area contributed by atoms with Gasteiger partial charge in [0.05, 0.1) is 10.9 Å². The smallest absolute Gasteiger partial charge is 0.262 e. The highest BCUT2D eigenvalue weighted by molar-refractivity contribution is 7.92. The van der Waals surface area contributed by atoms with Gasteiger partial charge in [0.15, 0.2) is 0 Å². The molecule has 0 heterocycles. The lowest BCUT2D eigenvalue weighted by Gasteiger charge is -2.18.